The number of anilines is 1. The molecule has 5 fully saturated rings. The van der Waals surface area contributed by atoms with Crippen LogP contribution in [0.5, 0.6) is 0 Å². The van der Waals surface area contributed by atoms with Crippen LogP contribution in [0.4, 0.5) is 5.82 Å². The summed E-state index contributed by atoms with van der Waals surface area (Å²) in [4.78, 5) is 62.3. The summed E-state index contributed by atoms with van der Waals surface area (Å²) in [6, 6.07) is 23.6. The van der Waals surface area contributed by atoms with Crippen molar-refractivity contribution in [3.8, 4) is 33.8 Å². The Hall–Kier alpha value is -8.09. The fraction of sp³-hybridized carbons (Fsp3) is 0.371. The monoisotopic (exact) mass is 1190 g/mol. The Morgan fingerprint density at radius 1 is 0.529 bits per heavy atom. The summed E-state index contributed by atoms with van der Waals surface area (Å²) in [5.41, 5.74) is 15.0. The minimum atomic E-state index is -3.47. The van der Waals surface area contributed by atoms with Gasteiger partial charge in [-0.25, -0.2) is 38.3 Å². The van der Waals surface area contributed by atoms with Crippen LogP contribution in [-0.2, 0) is 19.3 Å². The van der Waals surface area contributed by atoms with E-state index in [4.69, 9.17) is 15.2 Å². The number of nitrogens with zero attached hydrogens (tertiary/aromatic N) is 9. The Kier molecular flexibility index (Phi) is 18.5. The van der Waals surface area contributed by atoms with Crippen molar-refractivity contribution in [2.45, 2.75) is 92.4 Å². The molecule has 0 bridgehead atoms. The first-order valence-electron chi connectivity index (χ1n) is 28.9. The first kappa shape index (κ1) is 58.7. The molecule has 2 aliphatic heterocycles. The van der Waals surface area contributed by atoms with Gasteiger partial charge in [-0.05, 0) is 125 Å². The SMILES string of the molecule is CS(=O)(=O)c1nccn2c(-c3ccc(C(=O)NC4CC4)cc3)cnc12.CSc1nccn2c(-c3ccc(C(=O)NC4CC4)cc3)cnc12.NCC1CCOCC1.O=C(NC1CC1)c1ccc(-c2cnc3c(NCC4CCOCC4)nccn23)cc1. The van der Waals surface area contributed by atoms with E-state index in [-0.39, 0.29) is 28.4 Å². The lowest BCUT2D eigenvalue weighted by molar-refractivity contribution is 0.0688. The van der Waals surface area contributed by atoms with Crippen LogP contribution in [-0.4, -0.2) is 139 Å². The zero-order valence-corrected chi connectivity index (χ0v) is 49.2. The summed E-state index contributed by atoms with van der Waals surface area (Å²) >= 11 is 1.58. The van der Waals surface area contributed by atoms with Crippen LogP contribution < -0.4 is 27.0 Å². The Balaban J connectivity index is 0.000000125. The Labute approximate surface area is 497 Å². The van der Waals surface area contributed by atoms with Crippen molar-refractivity contribution in [3.63, 3.8) is 0 Å². The molecule has 85 heavy (non-hydrogen) atoms. The molecule has 3 amide bonds. The smallest absolute Gasteiger partial charge is 0.251 e. The maximum absolute atomic E-state index is 12.2. The van der Waals surface area contributed by atoms with Gasteiger partial charge in [0.1, 0.15) is 5.03 Å². The number of hydrogen-bond donors (Lipinski definition) is 5. The number of imidazole rings is 3. The maximum atomic E-state index is 12.2. The lowest BCUT2D eigenvalue weighted by Gasteiger charge is -2.22. The van der Waals surface area contributed by atoms with E-state index in [1.54, 1.807) is 53.1 Å². The van der Waals surface area contributed by atoms with Gasteiger partial charge < -0.3 is 36.5 Å². The number of nitrogens with two attached hydrogens (primary N) is 1. The van der Waals surface area contributed by atoms with Crippen LogP contribution >= 0.6 is 11.8 Å². The van der Waals surface area contributed by atoms with E-state index >= 15 is 0 Å². The van der Waals surface area contributed by atoms with Crippen LogP contribution in [0.25, 0.3) is 50.7 Å². The molecule has 0 unspecified atom stereocenters. The van der Waals surface area contributed by atoms with Gasteiger partial charge in [0, 0.05) is 128 Å². The molecule has 9 aromatic rings. The first-order valence-corrected chi connectivity index (χ1v) is 32.1. The third kappa shape index (κ3) is 14.9. The summed E-state index contributed by atoms with van der Waals surface area (Å²) in [6.45, 7) is 5.23. The van der Waals surface area contributed by atoms with E-state index in [0.717, 1.165) is 172 Å². The third-order valence-corrected chi connectivity index (χ3v) is 17.1. The van der Waals surface area contributed by atoms with Crippen molar-refractivity contribution < 1.29 is 32.3 Å². The van der Waals surface area contributed by atoms with Crippen molar-refractivity contribution in [3.05, 3.63) is 145 Å². The second-order valence-electron chi connectivity index (χ2n) is 21.9. The molecule has 3 aliphatic carbocycles. The van der Waals surface area contributed by atoms with Crippen LogP contribution in [0, 0.1) is 11.8 Å². The molecule has 14 rings (SSSR count). The molecule has 21 nitrogen and oxygen atoms in total. The number of sulfone groups is 1. The van der Waals surface area contributed by atoms with E-state index in [1.165, 1.54) is 6.20 Å². The predicted octanol–water partition coefficient (Wildman–Crippen LogP) is 8.20. The highest BCUT2D eigenvalue weighted by atomic mass is 32.2. The minimum absolute atomic E-state index is 0.000918. The van der Waals surface area contributed by atoms with Crippen molar-refractivity contribution in [1.29, 1.82) is 0 Å². The normalized spacial score (nSPS) is 16.3. The van der Waals surface area contributed by atoms with Gasteiger partial charge in [0.15, 0.2) is 37.6 Å². The van der Waals surface area contributed by atoms with Gasteiger partial charge in [-0.1, -0.05) is 36.4 Å². The molecular formula is C62H70N14O7S2. The van der Waals surface area contributed by atoms with Crippen LogP contribution in [0.1, 0.15) is 95.3 Å². The summed E-state index contributed by atoms with van der Waals surface area (Å²) in [5, 5.41) is 13.3. The standard InChI is InChI=1S/C22H25N5O2.C17H16N4O3S.C17H16N4OS.C6H13NO/c28-22(26-18-5-6-18)17-3-1-16(2-4-17)19-14-25-21-20(23-9-10-27(19)21)24-13-15-7-11-29-12-8-15;1-25(23,24)17-15-19-10-14(21(15)9-8-18-17)11-2-4-12(5-3-11)16(22)20-13-6-7-13;1-23-17-15-19-10-14(21(15)9-8-18-17)11-2-4-12(5-3-11)16(22)20-13-6-7-13;7-5-6-1-3-8-4-2-6/h1-4,9-10,14-15,18H,5-8,11-13H2,(H,23,24)(H,26,28);2-5,8-10,13H,6-7H2,1H3,(H,20,22);2-5,8-10,13H,6-7H2,1H3,(H,20,22);6H,1-5,7H2. The quantitative estimate of drug-likeness (QED) is 0.0605. The minimum Gasteiger partial charge on any atom is -0.381 e. The molecule has 8 heterocycles. The van der Waals surface area contributed by atoms with Crippen LogP contribution in [0.3, 0.4) is 0 Å². The Morgan fingerprint density at radius 3 is 1.33 bits per heavy atom. The summed E-state index contributed by atoms with van der Waals surface area (Å²) in [6.07, 6.45) is 29.8. The highest BCUT2D eigenvalue weighted by molar-refractivity contribution is 7.98. The Bertz CT molecular complexity index is 3890. The lowest BCUT2D eigenvalue weighted by Crippen LogP contribution is -2.25. The zero-order valence-electron chi connectivity index (χ0n) is 47.6. The average molecular weight is 1190 g/mol. The maximum Gasteiger partial charge on any atom is 0.251 e. The predicted molar refractivity (Wildman–Crippen MR) is 326 cm³/mol. The van der Waals surface area contributed by atoms with Crippen LogP contribution in [0.2, 0.25) is 0 Å². The van der Waals surface area contributed by atoms with Gasteiger partial charge in [0.2, 0.25) is 0 Å². The number of carbonyl (C=O) groups is 3. The van der Waals surface area contributed by atoms with Crippen molar-refractivity contribution in [2.75, 3.05) is 57.3 Å². The van der Waals surface area contributed by atoms with E-state index in [1.807, 2.05) is 101 Å². The zero-order chi connectivity index (χ0) is 58.9. The van der Waals surface area contributed by atoms with E-state index in [2.05, 4.69) is 51.2 Å². The third-order valence-electron chi connectivity index (χ3n) is 15.4. The molecule has 23 heteroatoms. The molecule has 442 valence electrons. The fourth-order valence-corrected chi connectivity index (χ4v) is 11.2. The Morgan fingerprint density at radius 2 is 0.918 bits per heavy atom. The molecular weight excluding hydrogens is 1120 g/mol. The van der Waals surface area contributed by atoms with Gasteiger partial charge in [0.25, 0.3) is 17.7 Å². The highest BCUT2D eigenvalue weighted by Gasteiger charge is 2.27. The molecule has 0 radical (unpaired) electrons. The van der Waals surface area contributed by atoms with Crippen LogP contribution in [0.15, 0.2) is 139 Å². The molecule has 6 aromatic heterocycles. The van der Waals surface area contributed by atoms with E-state index in [9.17, 15) is 22.8 Å². The second-order valence-corrected chi connectivity index (χ2v) is 24.7. The molecule has 2 saturated heterocycles. The summed E-state index contributed by atoms with van der Waals surface area (Å²) < 4.78 is 40.0. The number of thioether (sulfide) groups is 1. The highest BCUT2D eigenvalue weighted by Crippen LogP contribution is 2.29. The van der Waals surface area contributed by atoms with E-state index < -0.39 is 9.84 Å². The fourth-order valence-electron chi connectivity index (χ4n) is 9.92. The van der Waals surface area contributed by atoms with Crippen molar-refractivity contribution in [1.82, 2.24) is 59.1 Å². The van der Waals surface area contributed by atoms with Gasteiger partial charge in [-0.3, -0.25) is 27.6 Å². The number of fused-ring (bicyclic) bond motifs is 3. The van der Waals surface area contributed by atoms with Crippen molar-refractivity contribution >= 4 is 62.1 Å². The number of hydrogen-bond acceptors (Lipinski definition) is 16. The number of carbonyl (C=O) groups excluding carboxylic acids is 3. The van der Waals surface area contributed by atoms with E-state index in [0.29, 0.717) is 40.7 Å². The number of amides is 3. The average Bonchev–Trinajstić information content (AvgIpc) is 3.61. The second kappa shape index (κ2) is 26.9. The molecule has 5 aliphatic rings. The molecule has 3 saturated carbocycles. The molecule has 6 N–H and O–H groups in total. The largest absolute Gasteiger partial charge is 0.381 e. The summed E-state index contributed by atoms with van der Waals surface area (Å²) in [5.74, 6) is 2.08. The molecule has 0 spiro atoms. The van der Waals surface area contributed by atoms with Gasteiger partial charge >= 0.3 is 0 Å². The molecule has 0 atom stereocenters. The van der Waals surface area contributed by atoms with Gasteiger partial charge in [-0.15, -0.1) is 11.8 Å². The lowest BCUT2D eigenvalue weighted by atomic mass is 10.0. The number of rotatable bonds is 15. The van der Waals surface area contributed by atoms with Crippen molar-refractivity contribution in [2.24, 2.45) is 17.6 Å². The first-order chi connectivity index (χ1) is 41.4. The van der Waals surface area contributed by atoms with Gasteiger partial charge in [0.05, 0.1) is 35.7 Å². The van der Waals surface area contributed by atoms with Gasteiger partial charge in [-0.2, -0.15) is 0 Å². The number of ether oxygens (including phenoxy) is 2. The number of nitrogens with one attached hydrogen (secondary N) is 4. The number of benzene rings is 3. The number of aromatic nitrogens is 9. The molecule has 3 aromatic carbocycles. The summed E-state index contributed by atoms with van der Waals surface area (Å²) in [7, 11) is -3.47. The topological polar surface area (TPSA) is 269 Å².